The first-order valence-electron chi connectivity index (χ1n) is 6.18. The summed E-state index contributed by atoms with van der Waals surface area (Å²) in [5.41, 5.74) is 0.568. The van der Waals surface area contributed by atoms with Gasteiger partial charge in [-0.2, -0.15) is 0 Å². The molecule has 0 aromatic rings. The van der Waals surface area contributed by atoms with Crippen molar-refractivity contribution in [3.05, 3.63) is 0 Å². The summed E-state index contributed by atoms with van der Waals surface area (Å²) in [7, 11) is 0. The molecular formula is C12H24N2. The minimum absolute atomic E-state index is 0.568. The molecule has 1 aliphatic heterocycles. The Bertz CT molecular complexity index is 179. The maximum atomic E-state index is 3.74. The van der Waals surface area contributed by atoms with E-state index in [-0.39, 0.29) is 0 Å². The molecule has 2 fully saturated rings. The molecule has 0 spiro atoms. The highest BCUT2D eigenvalue weighted by Crippen LogP contribution is 2.31. The summed E-state index contributed by atoms with van der Waals surface area (Å²) < 4.78 is 0. The maximum absolute atomic E-state index is 3.74. The van der Waals surface area contributed by atoms with Crippen LogP contribution in [-0.4, -0.2) is 25.7 Å². The fourth-order valence-electron chi connectivity index (χ4n) is 2.80. The number of hydrogen-bond acceptors (Lipinski definition) is 2. The van der Waals surface area contributed by atoms with Gasteiger partial charge in [-0.1, -0.05) is 13.8 Å². The van der Waals surface area contributed by atoms with Gasteiger partial charge in [-0.05, 0) is 43.6 Å². The van der Waals surface area contributed by atoms with Crippen LogP contribution in [0.25, 0.3) is 0 Å². The Kier molecular flexibility index (Phi) is 3.13. The zero-order valence-electron chi connectivity index (χ0n) is 9.60. The molecule has 0 radical (unpaired) electrons. The van der Waals surface area contributed by atoms with Gasteiger partial charge in [0.25, 0.3) is 0 Å². The van der Waals surface area contributed by atoms with Crippen molar-refractivity contribution in [3.63, 3.8) is 0 Å². The van der Waals surface area contributed by atoms with Crippen LogP contribution in [0.3, 0.4) is 0 Å². The summed E-state index contributed by atoms with van der Waals surface area (Å²) in [5.74, 6) is 0.965. The van der Waals surface area contributed by atoms with Crippen LogP contribution in [0, 0.1) is 11.3 Å². The van der Waals surface area contributed by atoms with Crippen LogP contribution in [0.2, 0.25) is 0 Å². The van der Waals surface area contributed by atoms with Crippen LogP contribution in [0.1, 0.15) is 39.5 Å². The molecule has 1 unspecified atom stereocenters. The number of rotatable bonds is 4. The lowest BCUT2D eigenvalue weighted by Crippen LogP contribution is -2.46. The summed E-state index contributed by atoms with van der Waals surface area (Å²) in [5, 5.41) is 7.24. The molecule has 0 aromatic carbocycles. The zero-order chi connectivity index (χ0) is 10.0. The Balaban J connectivity index is 1.72. The van der Waals surface area contributed by atoms with Gasteiger partial charge in [-0.15, -0.1) is 0 Å². The normalized spacial score (nSPS) is 42.4. The highest BCUT2D eigenvalue weighted by molar-refractivity contribution is 4.91. The van der Waals surface area contributed by atoms with Crippen LogP contribution in [0.15, 0.2) is 0 Å². The fourth-order valence-corrected chi connectivity index (χ4v) is 2.80. The van der Waals surface area contributed by atoms with E-state index in [1.165, 1.54) is 45.3 Å². The molecular weight excluding hydrogens is 172 g/mol. The Morgan fingerprint density at radius 3 is 2.71 bits per heavy atom. The number of hydrogen-bond donors (Lipinski definition) is 2. The van der Waals surface area contributed by atoms with Crippen molar-refractivity contribution in [1.82, 2.24) is 10.6 Å². The first-order valence-corrected chi connectivity index (χ1v) is 6.18. The van der Waals surface area contributed by atoms with Crippen LogP contribution in [-0.2, 0) is 0 Å². The SMILES string of the molecule is CCC1(CNC2CC(C)C2)CCNC1. The first-order chi connectivity index (χ1) is 6.74. The second-order valence-corrected chi connectivity index (χ2v) is 5.43. The van der Waals surface area contributed by atoms with Crippen LogP contribution < -0.4 is 10.6 Å². The van der Waals surface area contributed by atoms with Crippen molar-refractivity contribution in [2.75, 3.05) is 19.6 Å². The van der Waals surface area contributed by atoms with E-state index in [2.05, 4.69) is 24.5 Å². The van der Waals surface area contributed by atoms with E-state index in [0.29, 0.717) is 5.41 Å². The summed E-state index contributed by atoms with van der Waals surface area (Å²) in [6, 6.07) is 0.828. The summed E-state index contributed by atoms with van der Waals surface area (Å²) in [6.45, 7) is 8.35. The minimum atomic E-state index is 0.568. The van der Waals surface area contributed by atoms with Gasteiger partial charge in [-0.3, -0.25) is 0 Å². The van der Waals surface area contributed by atoms with Gasteiger partial charge in [0.05, 0.1) is 0 Å². The van der Waals surface area contributed by atoms with Crippen molar-refractivity contribution < 1.29 is 0 Å². The van der Waals surface area contributed by atoms with Gasteiger partial charge in [0, 0.05) is 19.1 Å². The quantitative estimate of drug-likeness (QED) is 0.716. The summed E-state index contributed by atoms with van der Waals surface area (Å²) >= 11 is 0. The Morgan fingerprint density at radius 2 is 2.21 bits per heavy atom. The lowest BCUT2D eigenvalue weighted by molar-refractivity contribution is 0.199. The third-order valence-electron chi connectivity index (χ3n) is 4.22. The molecule has 2 aliphatic rings. The van der Waals surface area contributed by atoms with Crippen LogP contribution >= 0.6 is 0 Å². The van der Waals surface area contributed by atoms with Crippen molar-refractivity contribution >= 4 is 0 Å². The molecule has 0 aromatic heterocycles. The van der Waals surface area contributed by atoms with E-state index < -0.39 is 0 Å². The molecule has 1 atom stereocenters. The van der Waals surface area contributed by atoms with E-state index in [9.17, 15) is 0 Å². The van der Waals surface area contributed by atoms with Crippen molar-refractivity contribution in [2.24, 2.45) is 11.3 Å². The van der Waals surface area contributed by atoms with E-state index in [4.69, 9.17) is 0 Å². The first kappa shape index (κ1) is 10.4. The van der Waals surface area contributed by atoms with Gasteiger partial charge in [0.15, 0.2) is 0 Å². The highest BCUT2D eigenvalue weighted by Gasteiger charge is 2.33. The molecule has 2 nitrogen and oxygen atoms in total. The lowest BCUT2D eigenvalue weighted by Gasteiger charge is -2.37. The van der Waals surface area contributed by atoms with E-state index >= 15 is 0 Å². The van der Waals surface area contributed by atoms with E-state index in [1.807, 2.05) is 0 Å². The van der Waals surface area contributed by atoms with E-state index in [0.717, 1.165) is 12.0 Å². The van der Waals surface area contributed by atoms with Gasteiger partial charge in [0.1, 0.15) is 0 Å². The molecule has 0 amide bonds. The van der Waals surface area contributed by atoms with Gasteiger partial charge in [0.2, 0.25) is 0 Å². The molecule has 14 heavy (non-hydrogen) atoms. The predicted octanol–water partition coefficient (Wildman–Crippen LogP) is 1.76. The average Bonchev–Trinajstić information content (AvgIpc) is 2.60. The second kappa shape index (κ2) is 4.19. The smallest absolute Gasteiger partial charge is 0.00723 e. The Labute approximate surface area is 87.8 Å². The molecule has 1 saturated heterocycles. The van der Waals surface area contributed by atoms with E-state index in [1.54, 1.807) is 0 Å². The molecule has 82 valence electrons. The highest BCUT2D eigenvalue weighted by atomic mass is 15.0. The van der Waals surface area contributed by atoms with Gasteiger partial charge in [-0.25, -0.2) is 0 Å². The monoisotopic (exact) mass is 196 g/mol. The van der Waals surface area contributed by atoms with Crippen LogP contribution in [0.5, 0.6) is 0 Å². The predicted molar refractivity (Wildman–Crippen MR) is 60.4 cm³/mol. The third kappa shape index (κ3) is 2.12. The van der Waals surface area contributed by atoms with Gasteiger partial charge < -0.3 is 10.6 Å². The second-order valence-electron chi connectivity index (χ2n) is 5.43. The standard InChI is InChI=1S/C12H24N2/c1-3-12(4-5-13-8-12)9-14-11-6-10(2)7-11/h10-11,13-14H,3-9H2,1-2H3. The minimum Gasteiger partial charge on any atom is -0.316 e. The third-order valence-corrected chi connectivity index (χ3v) is 4.22. The Hall–Kier alpha value is -0.0800. The van der Waals surface area contributed by atoms with Crippen molar-refractivity contribution in [1.29, 1.82) is 0 Å². The van der Waals surface area contributed by atoms with Crippen molar-refractivity contribution in [2.45, 2.75) is 45.6 Å². The molecule has 1 aliphatic carbocycles. The summed E-state index contributed by atoms with van der Waals surface area (Å²) in [6.07, 6.45) is 5.47. The van der Waals surface area contributed by atoms with Crippen LogP contribution in [0.4, 0.5) is 0 Å². The molecule has 0 bridgehead atoms. The van der Waals surface area contributed by atoms with Crippen molar-refractivity contribution in [3.8, 4) is 0 Å². The lowest BCUT2D eigenvalue weighted by atomic mass is 9.79. The zero-order valence-corrected chi connectivity index (χ0v) is 9.60. The average molecular weight is 196 g/mol. The van der Waals surface area contributed by atoms with Gasteiger partial charge >= 0.3 is 0 Å². The summed E-state index contributed by atoms with van der Waals surface area (Å²) in [4.78, 5) is 0. The Morgan fingerprint density at radius 1 is 1.43 bits per heavy atom. The topological polar surface area (TPSA) is 24.1 Å². The molecule has 2 heteroatoms. The molecule has 1 heterocycles. The molecule has 2 rings (SSSR count). The molecule has 2 N–H and O–H groups in total. The largest absolute Gasteiger partial charge is 0.316 e. The molecule has 1 saturated carbocycles. The fraction of sp³-hybridized carbons (Fsp3) is 1.00. The number of nitrogens with one attached hydrogen (secondary N) is 2. The maximum Gasteiger partial charge on any atom is 0.00723 e.